The lowest BCUT2D eigenvalue weighted by Crippen LogP contribution is -2.50. The van der Waals surface area contributed by atoms with Crippen LogP contribution in [-0.4, -0.2) is 28.5 Å². The van der Waals surface area contributed by atoms with Gasteiger partial charge in [0.15, 0.2) is 0 Å². The second-order valence-corrected chi connectivity index (χ2v) is 9.46. The molecule has 4 rings (SSSR count). The SMILES string of the molecule is C=C(C)C(=O)OC1CC2CC1C1C3CC(C21)C(C(F)(F)C(F)(F)SOOO)C3. The highest BCUT2D eigenvalue weighted by molar-refractivity contribution is 7.95. The number of fused-ring (bicyclic) bond motifs is 9. The molecule has 4 aliphatic rings. The van der Waals surface area contributed by atoms with Gasteiger partial charge in [0.1, 0.15) is 18.1 Å². The first-order valence-electron chi connectivity index (χ1n) is 9.36. The average Bonchev–Trinajstić information content (AvgIpc) is 3.37. The molecule has 1 N–H and O–H groups in total. The minimum Gasteiger partial charge on any atom is -0.459 e. The van der Waals surface area contributed by atoms with Crippen molar-refractivity contribution in [2.75, 3.05) is 0 Å². The maximum atomic E-state index is 14.7. The van der Waals surface area contributed by atoms with E-state index >= 15 is 0 Å². The molecule has 0 radical (unpaired) electrons. The van der Waals surface area contributed by atoms with E-state index in [1.54, 1.807) is 6.92 Å². The van der Waals surface area contributed by atoms with E-state index in [4.69, 9.17) is 9.99 Å². The fraction of sp³-hybridized carbons (Fsp3) is 0.833. The summed E-state index contributed by atoms with van der Waals surface area (Å²) in [6, 6.07) is 0. The summed E-state index contributed by atoms with van der Waals surface area (Å²) in [6.07, 6.45) is 1.67. The monoisotopic (exact) mass is 426 g/mol. The second-order valence-electron chi connectivity index (χ2n) is 8.64. The summed E-state index contributed by atoms with van der Waals surface area (Å²) in [4.78, 5) is 11.9. The van der Waals surface area contributed by atoms with Gasteiger partial charge in [0.25, 0.3) is 0 Å². The van der Waals surface area contributed by atoms with Crippen LogP contribution in [-0.2, 0) is 18.9 Å². The highest BCUT2D eigenvalue weighted by Gasteiger charge is 2.73. The van der Waals surface area contributed by atoms with E-state index in [9.17, 15) is 22.4 Å². The van der Waals surface area contributed by atoms with Gasteiger partial charge in [-0.2, -0.15) is 17.6 Å². The Labute approximate surface area is 163 Å². The van der Waals surface area contributed by atoms with Gasteiger partial charge in [0.05, 0.1) is 0 Å². The highest BCUT2D eigenvalue weighted by Crippen LogP contribution is 2.72. The molecule has 5 nitrogen and oxygen atoms in total. The molecule has 0 saturated heterocycles. The number of ether oxygens (including phenoxy) is 1. The molecule has 4 bridgehead atoms. The number of esters is 1. The van der Waals surface area contributed by atoms with Gasteiger partial charge in [0.2, 0.25) is 0 Å². The van der Waals surface area contributed by atoms with Crippen LogP contribution in [0.5, 0.6) is 0 Å². The third-order valence-electron chi connectivity index (χ3n) is 7.39. The van der Waals surface area contributed by atoms with E-state index in [1.807, 2.05) is 0 Å². The van der Waals surface area contributed by atoms with Crippen molar-refractivity contribution >= 4 is 18.0 Å². The van der Waals surface area contributed by atoms with Gasteiger partial charge in [-0.25, -0.2) is 10.1 Å². The van der Waals surface area contributed by atoms with Gasteiger partial charge in [-0.15, -0.1) is 4.33 Å². The lowest BCUT2D eigenvalue weighted by Gasteiger charge is -2.43. The number of carbonyl (C=O) groups is 1. The zero-order chi connectivity index (χ0) is 20.4. The molecule has 4 fully saturated rings. The van der Waals surface area contributed by atoms with Crippen LogP contribution in [0.4, 0.5) is 17.6 Å². The normalized spacial score (nSPS) is 41.4. The van der Waals surface area contributed by atoms with Gasteiger partial charge < -0.3 is 4.74 Å². The van der Waals surface area contributed by atoms with E-state index < -0.39 is 41.0 Å². The van der Waals surface area contributed by atoms with Crippen molar-refractivity contribution in [3.05, 3.63) is 12.2 Å². The van der Waals surface area contributed by atoms with E-state index in [0.717, 1.165) is 6.42 Å². The van der Waals surface area contributed by atoms with Crippen molar-refractivity contribution in [1.29, 1.82) is 0 Å². The summed E-state index contributed by atoms with van der Waals surface area (Å²) in [5.41, 5.74) is 0.320. The number of hydrogen-bond acceptors (Lipinski definition) is 6. The number of halogens is 4. The molecule has 8 atom stereocenters. The van der Waals surface area contributed by atoms with Gasteiger partial charge in [-0.05, 0) is 68.1 Å². The minimum atomic E-state index is -4.52. The smallest absolute Gasteiger partial charge is 0.383 e. The van der Waals surface area contributed by atoms with Crippen molar-refractivity contribution in [1.82, 2.24) is 0 Å². The third-order valence-corrected chi connectivity index (χ3v) is 8.00. The fourth-order valence-electron chi connectivity index (χ4n) is 6.66. The Morgan fingerprint density at radius 3 is 2.32 bits per heavy atom. The summed E-state index contributed by atoms with van der Waals surface area (Å²) in [5, 5.41) is 6.57. The van der Waals surface area contributed by atoms with Crippen LogP contribution < -0.4 is 0 Å². The number of alkyl halides is 4. The summed E-state index contributed by atoms with van der Waals surface area (Å²) in [7, 11) is 0. The van der Waals surface area contributed by atoms with Crippen LogP contribution in [0.1, 0.15) is 32.6 Å². The lowest BCUT2D eigenvalue weighted by molar-refractivity contribution is -0.434. The predicted octanol–water partition coefficient (Wildman–Crippen LogP) is 4.70. The Morgan fingerprint density at radius 2 is 1.68 bits per heavy atom. The lowest BCUT2D eigenvalue weighted by atomic mass is 9.65. The molecule has 0 aromatic heterocycles. The van der Waals surface area contributed by atoms with Crippen LogP contribution in [0.2, 0.25) is 0 Å². The largest absolute Gasteiger partial charge is 0.459 e. The molecular weight excluding hydrogens is 404 g/mol. The number of rotatable bonds is 7. The topological polar surface area (TPSA) is 65.0 Å². The molecule has 0 aromatic rings. The summed E-state index contributed by atoms with van der Waals surface area (Å²) in [6.45, 7) is 5.16. The van der Waals surface area contributed by atoms with E-state index in [1.165, 1.54) is 0 Å². The Balaban J connectivity index is 1.48. The maximum absolute atomic E-state index is 14.7. The molecular formula is C18H22F4O5S. The first-order valence-corrected chi connectivity index (χ1v) is 10.1. The van der Waals surface area contributed by atoms with Gasteiger partial charge in [0, 0.05) is 11.5 Å². The second kappa shape index (κ2) is 6.85. The van der Waals surface area contributed by atoms with E-state index in [0.29, 0.717) is 18.4 Å². The Kier molecular flexibility index (Phi) is 5.00. The summed E-state index contributed by atoms with van der Waals surface area (Å²) < 4.78 is 66.5. The maximum Gasteiger partial charge on any atom is 0.383 e. The van der Waals surface area contributed by atoms with Crippen molar-refractivity contribution in [3.63, 3.8) is 0 Å². The average molecular weight is 426 g/mol. The molecule has 0 aliphatic heterocycles. The Morgan fingerprint density at radius 1 is 1.07 bits per heavy atom. The summed E-state index contributed by atoms with van der Waals surface area (Å²) >= 11 is -0.871. The van der Waals surface area contributed by atoms with Crippen molar-refractivity contribution in [3.8, 4) is 0 Å². The quantitative estimate of drug-likeness (QED) is 0.121. The van der Waals surface area contributed by atoms with Gasteiger partial charge in [-0.1, -0.05) is 11.6 Å². The summed E-state index contributed by atoms with van der Waals surface area (Å²) in [5.74, 6) is -6.37. The van der Waals surface area contributed by atoms with Crippen LogP contribution in [0.25, 0.3) is 0 Å². The third kappa shape index (κ3) is 2.90. The fourth-order valence-corrected chi connectivity index (χ4v) is 7.04. The first kappa shape index (κ1) is 20.4. The zero-order valence-electron chi connectivity index (χ0n) is 15.2. The minimum absolute atomic E-state index is 0.0132. The van der Waals surface area contributed by atoms with Gasteiger partial charge >= 0.3 is 17.1 Å². The highest BCUT2D eigenvalue weighted by atomic mass is 32.2. The molecule has 0 heterocycles. The van der Waals surface area contributed by atoms with E-state index in [-0.39, 0.29) is 42.1 Å². The van der Waals surface area contributed by atoms with Crippen molar-refractivity contribution < 1.29 is 41.7 Å². The van der Waals surface area contributed by atoms with Gasteiger partial charge in [-0.3, -0.25) is 0 Å². The number of hydrogen-bond donors (Lipinski definition) is 1. The Bertz CT molecular complexity index is 674. The van der Waals surface area contributed by atoms with E-state index in [2.05, 4.69) is 16.0 Å². The molecule has 8 unspecified atom stereocenters. The van der Waals surface area contributed by atoms with Crippen molar-refractivity contribution in [2.45, 2.75) is 49.9 Å². The molecule has 0 aromatic carbocycles. The molecule has 4 aliphatic carbocycles. The number of carbonyl (C=O) groups excluding carboxylic acids is 1. The van der Waals surface area contributed by atoms with Crippen LogP contribution in [0.15, 0.2) is 12.2 Å². The predicted molar refractivity (Wildman–Crippen MR) is 89.9 cm³/mol. The standard InChI is InChI=1S/C18H22F4O5S/c1-7(2)16(23)25-13-6-9-4-11(13)15-8-3-10(14(9)15)12(5-8)17(19,20)18(21,22)28-27-26-24/h8-15,24H,1,3-6H2,2H3. The molecule has 0 amide bonds. The van der Waals surface area contributed by atoms with Crippen molar-refractivity contribution in [2.24, 2.45) is 41.4 Å². The van der Waals surface area contributed by atoms with Crippen LogP contribution >= 0.6 is 12.0 Å². The molecule has 0 spiro atoms. The Hall–Kier alpha value is -0.840. The molecule has 10 heteroatoms. The molecule has 158 valence electrons. The van der Waals surface area contributed by atoms with Crippen LogP contribution in [0, 0.1) is 41.4 Å². The zero-order valence-corrected chi connectivity index (χ0v) is 16.0. The first-order chi connectivity index (χ1) is 13.1. The van der Waals surface area contributed by atoms with Crippen LogP contribution in [0.3, 0.4) is 0 Å². The molecule has 28 heavy (non-hydrogen) atoms. The molecule has 4 saturated carbocycles.